The van der Waals surface area contributed by atoms with E-state index in [1.54, 1.807) is 24.8 Å². The average molecular weight is 364 g/mol. The van der Waals surface area contributed by atoms with Gasteiger partial charge < -0.3 is 10.1 Å². The van der Waals surface area contributed by atoms with E-state index in [1.807, 2.05) is 19.1 Å². The maximum atomic E-state index is 12.2. The van der Waals surface area contributed by atoms with Crippen LogP contribution >= 0.6 is 11.8 Å². The number of rotatable bonds is 8. The summed E-state index contributed by atoms with van der Waals surface area (Å²) in [4.78, 5) is 23.8. The number of ether oxygens (including phenoxy) is 1. The summed E-state index contributed by atoms with van der Waals surface area (Å²) >= 11 is 1.56. The van der Waals surface area contributed by atoms with Crippen molar-refractivity contribution in [2.45, 2.75) is 58.2 Å². The Morgan fingerprint density at radius 3 is 2.72 bits per heavy atom. The third-order valence-corrected chi connectivity index (χ3v) is 5.70. The van der Waals surface area contributed by atoms with Crippen LogP contribution in [-0.4, -0.2) is 30.1 Å². The molecule has 4 nitrogen and oxygen atoms in total. The van der Waals surface area contributed by atoms with Crippen molar-refractivity contribution in [1.29, 1.82) is 0 Å². The molecule has 1 aromatic rings. The number of carbonyl (C=O) groups is 2. The van der Waals surface area contributed by atoms with Crippen LogP contribution in [0, 0.1) is 5.92 Å². The molecule has 1 fully saturated rings. The van der Waals surface area contributed by atoms with Crippen molar-refractivity contribution in [2.75, 3.05) is 12.4 Å². The molecule has 2 rings (SSSR count). The third kappa shape index (κ3) is 6.07. The summed E-state index contributed by atoms with van der Waals surface area (Å²) in [6.07, 6.45) is 4.77. The normalized spacial score (nSPS) is 20.1. The lowest BCUT2D eigenvalue weighted by Crippen LogP contribution is -2.41. The number of amides is 1. The van der Waals surface area contributed by atoms with Gasteiger partial charge in [0.1, 0.15) is 5.75 Å². The summed E-state index contributed by atoms with van der Waals surface area (Å²) in [5.41, 5.74) is 1.65. The van der Waals surface area contributed by atoms with Gasteiger partial charge in [0.2, 0.25) is 5.91 Å². The Kier molecular flexibility index (Phi) is 7.82. The third-order valence-electron chi connectivity index (χ3n) is 4.72. The number of ketones is 1. The lowest BCUT2D eigenvalue weighted by Gasteiger charge is -2.29. The second-order valence-corrected chi connectivity index (χ2v) is 7.73. The molecule has 1 amide bonds. The molecule has 0 saturated heterocycles. The smallest absolute Gasteiger partial charge is 0.230 e. The molecule has 5 heteroatoms. The molecular formula is C20H29NO3S. The lowest BCUT2D eigenvalue weighted by molar-refractivity contribution is -0.119. The molecule has 0 radical (unpaired) electrons. The summed E-state index contributed by atoms with van der Waals surface area (Å²) in [6, 6.07) is 5.84. The molecule has 0 aromatic heterocycles. The Morgan fingerprint density at radius 1 is 1.28 bits per heavy atom. The number of hydrogen-bond donors (Lipinski definition) is 1. The fourth-order valence-corrected chi connectivity index (χ4v) is 4.06. The minimum absolute atomic E-state index is 0.0401. The zero-order valence-electron chi connectivity index (χ0n) is 15.5. The molecule has 138 valence electrons. The zero-order valence-corrected chi connectivity index (χ0v) is 16.3. The molecule has 1 aliphatic carbocycles. The van der Waals surface area contributed by atoms with Crippen LogP contribution in [0.1, 0.15) is 62.4 Å². The maximum absolute atomic E-state index is 12.2. The highest BCUT2D eigenvalue weighted by atomic mass is 32.2. The van der Waals surface area contributed by atoms with Crippen LogP contribution in [0.5, 0.6) is 5.75 Å². The van der Waals surface area contributed by atoms with E-state index in [-0.39, 0.29) is 11.7 Å². The molecule has 0 heterocycles. The lowest BCUT2D eigenvalue weighted by atomic mass is 9.86. The van der Waals surface area contributed by atoms with Gasteiger partial charge in [-0.3, -0.25) is 9.59 Å². The molecule has 1 aromatic carbocycles. The van der Waals surface area contributed by atoms with E-state index in [9.17, 15) is 9.59 Å². The van der Waals surface area contributed by atoms with Gasteiger partial charge in [-0.1, -0.05) is 19.8 Å². The Labute approximate surface area is 155 Å². The highest BCUT2D eigenvalue weighted by molar-refractivity contribution is 7.99. The first-order valence-electron chi connectivity index (χ1n) is 9.15. The minimum atomic E-state index is 0.0401. The van der Waals surface area contributed by atoms with Crippen molar-refractivity contribution >= 4 is 23.5 Å². The molecule has 0 unspecified atom stereocenters. The quantitative estimate of drug-likeness (QED) is 0.703. The Balaban J connectivity index is 1.88. The number of benzene rings is 1. The van der Waals surface area contributed by atoms with E-state index in [1.165, 1.54) is 19.3 Å². The van der Waals surface area contributed by atoms with Crippen molar-refractivity contribution in [1.82, 2.24) is 5.32 Å². The molecule has 1 N–H and O–H groups in total. The fourth-order valence-electron chi connectivity index (χ4n) is 3.24. The zero-order chi connectivity index (χ0) is 18.2. The monoisotopic (exact) mass is 363 g/mol. The predicted molar refractivity (Wildman–Crippen MR) is 103 cm³/mol. The summed E-state index contributed by atoms with van der Waals surface area (Å²) in [5.74, 6) is 2.59. The van der Waals surface area contributed by atoms with Gasteiger partial charge in [0, 0.05) is 22.9 Å². The van der Waals surface area contributed by atoms with Gasteiger partial charge >= 0.3 is 0 Å². The number of hydrogen-bond acceptors (Lipinski definition) is 4. The molecular weight excluding hydrogens is 334 g/mol. The molecule has 2 atom stereocenters. The Bertz CT molecular complexity index is 603. The van der Waals surface area contributed by atoms with Gasteiger partial charge in [0.15, 0.2) is 5.78 Å². The van der Waals surface area contributed by atoms with E-state index < -0.39 is 0 Å². The first-order chi connectivity index (χ1) is 12.0. The van der Waals surface area contributed by atoms with Crippen molar-refractivity contribution < 1.29 is 14.3 Å². The van der Waals surface area contributed by atoms with Gasteiger partial charge in [-0.2, -0.15) is 0 Å². The second-order valence-electron chi connectivity index (χ2n) is 6.74. The largest absolute Gasteiger partial charge is 0.494 e. The van der Waals surface area contributed by atoms with E-state index in [0.717, 1.165) is 17.7 Å². The highest BCUT2D eigenvalue weighted by Crippen LogP contribution is 2.26. The predicted octanol–water partition coefficient (Wildman–Crippen LogP) is 4.22. The van der Waals surface area contributed by atoms with Crippen LogP contribution in [-0.2, 0) is 10.5 Å². The summed E-state index contributed by atoms with van der Waals surface area (Å²) < 4.78 is 5.64. The molecule has 1 saturated carbocycles. The summed E-state index contributed by atoms with van der Waals surface area (Å²) in [7, 11) is 0. The van der Waals surface area contributed by atoms with Crippen LogP contribution in [0.4, 0.5) is 0 Å². The van der Waals surface area contributed by atoms with Crippen LogP contribution in [0.2, 0.25) is 0 Å². The van der Waals surface area contributed by atoms with Gasteiger partial charge in [0.05, 0.1) is 12.4 Å². The van der Waals surface area contributed by atoms with E-state index in [4.69, 9.17) is 4.74 Å². The fraction of sp³-hybridized carbons (Fsp3) is 0.600. The van der Waals surface area contributed by atoms with E-state index >= 15 is 0 Å². The van der Waals surface area contributed by atoms with Gasteiger partial charge in [-0.05, 0) is 50.8 Å². The van der Waals surface area contributed by atoms with Crippen molar-refractivity contribution in [3.8, 4) is 5.75 Å². The number of nitrogens with one attached hydrogen (secondary N) is 1. The maximum Gasteiger partial charge on any atom is 0.230 e. The number of thioether (sulfide) groups is 1. The Hall–Kier alpha value is -1.49. The number of Topliss-reactive ketones (excluding diaryl/α,β-unsaturated/α-hetero) is 1. The standard InChI is InChI=1S/C20H29NO3S/c1-4-24-19-10-9-16(15(3)22)11-17(19)12-25-13-20(23)21-18-8-6-5-7-14(18)2/h9-11,14,18H,4-8,12-13H2,1-3H3,(H,21,23)/t14-,18-/m1/s1. The molecule has 0 bridgehead atoms. The van der Waals surface area contributed by atoms with Crippen molar-refractivity contribution in [3.05, 3.63) is 29.3 Å². The number of carbonyl (C=O) groups excluding carboxylic acids is 2. The van der Waals surface area contributed by atoms with Crippen LogP contribution in [0.25, 0.3) is 0 Å². The minimum Gasteiger partial charge on any atom is -0.494 e. The molecule has 0 spiro atoms. The summed E-state index contributed by atoms with van der Waals surface area (Å²) in [6.45, 7) is 6.30. The van der Waals surface area contributed by atoms with Gasteiger partial charge in [0.25, 0.3) is 0 Å². The van der Waals surface area contributed by atoms with Crippen molar-refractivity contribution in [3.63, 3.8) is 0 Å². The second kappa shape index (κ2) is 9.85. The molecule has 1 aliphatic rings. The SMILES string of the molecule is CCOc1ccc(C(C)=O)cc1CSCC(=O)N[C@@H]1CCCC[C@H]1C. The first-order valence-corrected chi connectivity index (χ1v) is 10.3. The van der Waals surface area contributed by atoms with Crippen LogP contribution in [0.15, 0.2) is 18.2 Å². The van der Waals surface area contributed by atoms with E-state index in [2.05, 4.69) is 12.2 Å². The Morgan fingerprint density at radius 2 is 2.04 bits per heavy atom. The average Bonchev–Trinajstić information content (AvgIpc) is 2.58. The van der Waals surface area contributed by atoms with Crippen molar-refractivity contribution in [2.24, 2.45) is 5.92 Å². The van der Waals surface area contributed by atoms with E-state index in [0.29, 0.717) is 35.6 Å². The van der Waals surface area contributed by atoms with Gasteiger partial charge in [-0.15, -0.1) is 11.8 Å². The first kappa shape index (κ1) is 19.8. The summed E-state index contributed by atoms with van der Waals surface area (Å²) in [5, 5.41) is 3.18. The van der Waals surface area contributed by atoms with Gasteiger partial charge in [-0.25, -0.2) is 0 Å². The molecule has 0 aliphatic heterocycles. The topological polar surface area (TPSA) is 55.4 Å². The van der Waals surface area contributed by atoms with Crippen LogP contribution in [0.3, 0.4) is 0 Å². The van der Waals surface area contributed by atoms with Crippen LogP contribution < -0.4 is 10.1 Å². The highest BCUT2D eigenvalue weighted by Gasteiger charge is 2.22. The molecule has 25 heavy (non-hydrogen) atoms.